The Labute approximate surface area is 134 Å². The van der Waals surface area contributed by atoms with Gasteiger partial charge in [0.2, 0.25) is 5.91 Å². The number of carbonyl (C=O) groups is 1. The SMILES string of the molecule is COc1ccc(-c2nc(C)c(CCCC(N)=O)s2)cc1OC. The summed E-state index contributed by atoms with van der Waals surface area (Å²) in [5.41, 5.74) is 7.17. The second kappa shape index (κ2) is 7.26. The molecule has 0 saturated heterocycles. The number of amides is 1. The Bertz CT molecular complexity index is 667. The number of nitrogens with two attached hydrogens (primary N) is 1. The molecule has 6 heteroatoms. The largest absolute Gasteiger partial charge is 0.493 e. The van der Waals surface area contributed by atoms with Gasteiger partial charge in [-0.1, -0.05) is 0 Å². The predicted molar refractivity (Wildman–Crippen MR) is 87.5 cm³/mol. The summed E-state index contributed by atoms with van der Waals surface area (Å²) in [5.74, 6) is 1.12. The molecule has 1 aromatic heterocycles. The molecule has 1 amide bonds. The molecule has 0 aliphatic rings. The number of hydrogen-bond donors (Lipinski definition) is 1. The summed E-state index contributed by atoms with van der Waals surface area (Å²) in [4.78, 5) is 16.6. The summed E-state index contributed by atoms with van der Waals surface area (Å²) in [6.07, 6.45) is 1.98. The van der Waals surface area contributed by atoms with Crippen molar-refractivity contribution in [2.45, 2.75) is 26.2 Å². The van der Waals surface area contributed by atoms with Crippen LogP contribution in [0.1, 0.15) is 23.4 Å². The van der Waals surface area contributed by atoms with Gasteiger partial charge in [0.15, 0.2) is 11.5 Å². The van der Waals surface area contributed by atoms with Gasteiger partial charge < -0.3 is 15.2 Å². The number of thiazole rings is 1. The zero-order valence-electron chi connectivity index (χ0n) is 13.0. The molecule has 0 fully saturated rings. The number of ether oxygens (including phenoxy) is 2. The highest BCUT2D eigenvalue weighted by Gasteiger charge is 2.12. The predicted octanol–water partition coefficient (Wildman–Crippen LogP) is 2.94. The molecule has 2 N–H and O–H groups in total. The third kappa shape index (κ3) is 3.76. The number of aromatic nitrogens is 1. The van der Waals surface area contributed by atoms with Gasteiger partial charge in [0.05, 0.1) is 19.9 Å². The summed E-state index contributed by atoms with van der Waals surface area (Å²) < 4.78 is 10.6. The molecule has 5 nitrogen and oxygen atoms in total. The van der Waals surface area contributed by atoms with Crippen molar-refractivity contribution in [3.8, 4) is 22.1 Å². The Hall–Kier alpha value is -2.08. The van der Waals surface area contributed by atoms with Gasteiger partial charge in [-0.25, -0.2) is 4.98 Å². The lowest BCUT2D eigenvalue weighted by Gasteiger charge is -2.08. The van der Waals surface area contributed by atoms with Crippen molar-refractivity contribution >= 4 is 17.2 Å². The molecule has 0 aliphatic carbocycles. The second-order valence-corrected chi connectivity index (χ2v) is 6.00. The maximum Gasteiger partial charge on any atom is 0.217 e. The topological polar surface area (TPSA) is 74.4 Å². The average Bonchev–Trinajstić information content (AvgIpc) is 2.87. The lowest BCUT2D eigenvalue weighted by molar-refractivity contribution is -0.118. The molecule has 2 aromatic rings. The van der Waals surface area contributed by atoms with Crippen LogP contribution in [-0.4, -0.2) is 25.1 Å². The fourth-order valence-corrected chi connectivity index (χ4v) is 3.28. The molecule has 1 aromatic carbocycles. The minimum Gasteiger partial charge on any atom is -0.493 e. The van der Waals surface area contributed by atoms with E-state index >= 15 is 0 Å². The van der Waals surface area contributed by atoms with Crippen molar-refractivity contribution in [2.75, 3.05) is 14.2 Å². The van der Waals surface area contributed by atoms with Crippen LogP contribution in [0, 0.1) is 6.92 Å². The summed E-state index contributed by atoms with van der Waals surface area (Å²) in [6, 6.07) is 5.76. The van der Waals surface area contributed by atoms with E-state index in [1.165, 1.54) is 4.88 Å². The zero-order chi connectivity index (χ0) is 16.1. The molecule has 0 unspecified atom stereocenters. The van der Waals surface area contributed by atoms with Crippen molar-refractivity contribution in [3.63, 3.8) is 0 Å². The van der Waals surface area contributed by atoms with Gasteiger partial charge in [0.1, 0.15) is 5.01 Å². The number of rotatable bonds is 7. The highest BCUT2D eigenvalue weighted by molar-refractivity contribution is 7.15. The Morgan fingerprint density at radius 1 is 1.27 bits per heavy atom. The van der Waals surface area contributed by atoms with Crippen LogP contribution in [0.5, 0.6) is 11.5 Å². The standard InChI is InChI=1S/C16H20N2O3S/c1-10-14(5-4-6-15(17)19)22-16(18-10)11-7-8-12(20-2)13(9-11)21-3/h7-9H,4-6H2,1-3H3,(H2,17,19). The van der Waals surface area contributed by atoms with Crippen LogP contribution in [0.25, 0.3) is 10.6 Å². The van der Waals surface area contributed by atoms with Gasteiger partial charge in [0, 0.05) is 16.9 Å². The molecule has 1 heterocycles. The van der Waals surface area contributed by atoms with E-state index in [9.17, 15) is 4.79 Å². The van der Waals surface area contributed by atoms with Gasteiger partial charge in [-0.15, -0.1) is 11.3 Å². The van der Waals surface area contributed by atoms with E-state index in [1.807, 2.05) is 25.1 Å². The second-order valence-electron chi connectivity index (χ2n) is 4.92. The van der Waals surface area contributed by atoms with Crippen molar-refractivity contribution < 1.29 is 14.3 Å². The minimum absolute atomic E-state index is 0.262. The molecule has 0 bridgehead atoms. The van der Waals surface area contributed by atoms with Crippen molar-refractivity contribution in [2.24, 2.45) is 5.73 Å². The molecule has 2 rings (SSSR count). The van der Waals surface area contributed by atoms with Crippen LogP contribution in [0.3, 0.4) is 0 Å². The lowest BCUT2D eigenvalue weighted by atomic mass is 10.2. The maximum atomic E-state index is 10.8. The molecule has 118 valence electrons. The van der Waals surface area contributed by atoms with Crippen LogP contribution in [0.15, 0.2) is 18.2 Å². The smallest absolute Gasteiger partial charge is 0.217 e. The van der Waals surface area contributed by atoms with Crippen molar-refractivity contribution in [1.29, 1.82) is 0 Å². The van der Waals surface area contributed by atoms with Gasteiger partial charge in [-0.3, -0.25) is 4.79 Å². The fraction of sp³-hybridized carbons (Fsp3) is 0.375. The Morgan fingerprint density at radius 2 is 2.00 bits per heavy atom. The maximum absolute atomic E-state index is 10.8. The summed E-state index contributed by atoms with van der Waals surface area (Å²) in [7, 11) is 3.23. The van der Waals surface area contributed by atoms with E-state index < -0.39 is 0 Å². The van der Waals surface area contributed by atoms with Gasteiger partial charge in [-0.05, 0) is 38.0 Å². The highest BCUT2D eigenvalue weighted by atomic mass is 32.1. The van der Waals surface area contributed by atoms with E-state index in [4.69, 9.17) is 15.2 Å². The molecule has 0 spiro atoms. The lowest BCUT2D eigenvalue weighted by Crippen LogP contribution is -2.10. The van der Waals surface area contributed by atoms with Crippen LogP contribution in [0.2, 0.25) is 0 Å². The zero-order valence-corrected chi connectivity index (χ0v) is 13.8. The third-order valence-corrected chi connectivity index (χ3v) is 4.62. The molecule has 0 saturated carbocycles. The summed E-state index contributed by atoms with van der Waals surface area (Å²) in [6.45, 7) is 1.99. The Balaban J connectivity index is 2.21. The summed E-state index contributed by atoms with van der Waals surface area (Å²) >= 11 is 1.64. The first-order valence-electron chi connectivity index (χ1n) is 7.02. The first-order valence-corrected chi connectivity index (χ1v) is 7.83. The van der Waals surface area contributed by atoms with E-state index in [-0.39, 0.29) is 5.91 Å². The van der Waals surface area contributed by atoms with Crippen LogP contribution < -0.4 is 15.2 Å². The fourth-order valence-electron chi connectivity index (χ4n) is 2.18. The minimum atomic E-state index is -0.262. The molecular formula is C16H20N2O3S. The Kier molecular flexibility index (Phi) is 5.38. The number of carbonyl (C=O) groups excluding carboxylic acids is 1. The molecular weight excluding hydrogens is 300 g/mol. The molecule has 0 atom stereocenters. The van der Waals surface area contributed by atoms with Gasteiger partial charge in [0.25, 0.3) is 0 Å². The number of benzene rings is 1. The van der Waals surface area contributed by atoms with Crippen molar-refractivity contribution in [1.82, 2.24) is 4.98 Å². The van der Waals surface area contributed by atoms with Gasteiger partial charge >= 0.3 is 0 Å². The first-order chi connectivity index (χ1) is 10.5. The molecule has 22 heavy (non-hydrogen) atoms. The Morgan fingerprint density at radius 3 is 2.64 bits per heavy atom. The summed E-state index contributed by atoms with van der Waals surface area (Å²) in [5, 5.41) is 0.938. The quantitative estimate of drug-likeness (QED) is 0.851. The number of hydrogen-bond acceptors (Lipinski definition) is 5. The number of aryl methyl sites for hydroxylation is 2. The highest BCUT2D eigenvalue weighted by Crippen LogP contribution is 2.35. The van der Waals surface area contributed by atoms with E-state index in [0.29, 0.717) is 17.9 Å². The van der Waals surface area contributed by atoms with E-state index in [2.05, 4.69) is 4.98 Å². The number of nitrogens with zero attached hydrogens (tertiary/aromatic N) is 1. The average molecular weight is 320 g/mol. The monoisotopic (exact) mass is 320 g/mol. The number of primary amides is 1. The molecule has 0 aliphatic heterocycles. The van der Waals surface area contributed by atoms with Gasteiger partial charge in [-0.2, -0.15) is 0 Å². The van der Waals surface area contributed by atoms with Crippen LogP contribution >= 0.6 is 11.3 Å². The van der Waals surface area contributed by atoms with Crippen LogP contribution in [-0.2, 0) is 11.2 Å². The number of methoxy groups -OCH3 is 2. The van der Waals surface area contributed by atoms with Crippen LogP contribution in [0.4, 0.5) is 0 Å². The third-order valence-electron chi connectivity index (χ3n) is 3.35. The van der Waals surface area contributed by atoms with Crippen molar-refractivity contribution in [3.05, 3.63) is 28.8 Å². The van der Waals surface area contributed by atoms with E-state index in [0.717, 1.165) is 29.1 Å². The first kappa shape index (κ1) is 16.3. The molecule has 0 radical (unpaired) electrons. The van der Waals surface area contributed by atoms with E-state index in [1.54, 1.807) is 25.6 Å². The normalized spacial score (nSPS) is 10.5.